The third-order valence-electron chi connectivity index (χ3n) is 4.63. The average molecular weight is 286 g/mol. The highest BCUT2D eigenvalue weighted by Crippen LogP contribution is 2.43. The van der Waals surface area contributed by atoms with Crippen molar-refractivity contribution in [2.75, 3.05) is 7.11 Å². The summed E-state index contributed by atoms with van der Waals surface area (Å²) < 4.78 is 10.4. The summed E-state index contributed by atoms with van der Waals surface area (Å²) >= 11 is 0. The Balaban J connectivity index is 2.85. The second kappa shape index (κ2) is 6.68. The topological polar surface area (TPSA) is 72.8 Å². The number of aliphatic hydroxyl groups excluding tert-OH is 1. The Bertz CT molecular complexity index is 363. The van der Waals surface area contributed by atoms with Crippen molar-refractivity contribution < 1.29 is 24.2 Å². The maximum absolute atomic E-state index is 11.7. The lowest BCUT2D eigenvalue weighted by Crippen LogP contribution is -2.52. The van der Waals surface area contributed by atoms with Crippen LogP contribution < -0.4 is 0 Å². The molecule has 0 aromatic carbocycles. The van der Waals surface area contributed by atoms with Gasteiger partial charge in [0.25, 0.3) is 0 Å². The average Bonchev–Trinajstić information content (AvgIpc) is 2.41. The molecule has 0 spiro atoms. The molecule has 1 fully saturated rings. The van der Waals surface area contributed by atoms with Crippen LogP contribution in [-0.2, 0) is 19.1 Å². The van der Waals surface area contributed by atoms with Crippen LogP contribution in [0.5, 0.6) is 0 Å². The molecule has 1 heterocycles. The highest BCUT2D eigenvalue weighted by atomic mass is 16.6. The number of esters is 1. The molecule has 0 bridgehead atoms. The maximum atomic E-state index is 11.7. The van der Waals surface area contributed by atoms with E-state index in [1.165, 1.54) is 7.11 Å². The van der Waals surface area contributed by atoms with Gasteiger partial charge < -0.3 is 14.6 Å². The predicted octanol–water partition coefficient (Wildman–Crippen LogP) is 1.71. The van der Waals surface area contributed by atoms with E-state index in [1.807, 2.05) is 6.92 Å². The molecule has 0 aliphatic carbocycles. The lowest BCUT2D eigenvalue weighted by Gasteiger charge is -2.47. The van der Waals surface area contributed by atoms with Gasteiger partial charge in [-0.05, 0) is 17.8 Å². The van der Waals surface area contributed by atoms with E-state index in [2.05, 4.69) is 25.5 Å². The third kappa shape index (κ3) is 3.58. The number of rotatable bonds is 5. The number of hydrogen-bond acceptors (Lipinski definition) is 5. The zero-order chi connectivity index (χ0) is 15.5. The zero-order valence-electron chi connectivity index (χ0n) is 13.0. The maximum Gasteiger partial charge on any atom is 0.337 e. The van der Waals surface area contributed by atoms with E-state index in [9.17, 15) is 14.7 Å². The van der Waals surface area contributed by atoms with Gasteiger partial charge in [0.15, 0.2) is 6.10 Å². The molecule has 116 valence electrons. The highest BCUT2D eigenvalue weighted by molar-refractivity contribution is 5.78. The van der Waals surface area contributed by atoms with Crippen LogP contribution in [0.15, 0.2) is 0 Å². The van der Waals surface area contributed by atoms with Crippen LogP contribution in [0.25, 0.3) is 0 Å². The Hall–Kier alpha value is -0.940. The van der Waals surface area contributed by atoms with E-state index in [-0.39, 0.29) is 23.2 Å². The number of ether oxygens (including phenoxy) is 2. The van der Waals surface area contributed by atoms with Crippen molar-refractivity contribution in [2.24, 2.45) is 11.3 Å². The van der Waals surface area contributed by atoms with Crippen LogP contribution in [0.3, 0.4) is 0 Å². The van der Waals surface area contributed by atoms with Gasteiger partial charge in [0.1, 0.15) is 5.78 Å². The van der Waals surface area contributed by atoms with Crippen molar-refractivity contribution in [1.82, 2.24) is 0 Å². The normalized spacial score (nSPS) is 30.6. The van der Waals surface area contributed by atoms with Crippen molar-refractivity contribution in [3.8, 4) is 0 Å². The van der Waals surface area contributed by atoms with Gasteiger partial charge in [0.05, 0.1) is 19.3 Å². The van der Waals surface area contributed by atoms with Gasteiger partial charge in [0.2, 0.25) is 0 Å². The summed E-state index contributed by atoms with van der Waals surface area (Å²) in [5, 5.41) is 9.96. The second-order valence-electron chi connectivity index (χ2n) is 6.19. The Morgan fingerprint density at radius 3 is 2.55 bits per heavy atom. The standard InChI is InChI=1S/C15H26O5/c1-6-10(16)8-12-15(3,4)9(2)7-11(20-12)13(17)14(18)19-5/h9,11-13,17H,6-8H2,1-5H3. The fraction of sp³-hybridized carbons (Fsp3) is 0.867. The molecule has 1 N–H and O–H groups in total. The summed E-state index contributed by atoms with van der Waals surface area (Å²) in [5.41, 5.74) is -0.169. The Morgan fingerprint density at radius 2 is 2.05 bits per heavy atom. The van der Waals surface area contributed by atoms with Gasteiger partial charge in [-0.1, -0.05) is 27.7 Å². The predicted molar refractivity (Wildman–Crippen MR) is 74.2 cm³/mol. The molecule has 1 aliphatic heterocycles. The van der Waals surface area contributed by atoms with Crippen molar-refractivity contribution in [3.05, 3.63) is 0 Å². The molecule has 4 unspecified atom stereocenters. The number of Topliss-reactive ketones (excluding diaryl/α,β-unsaturated/α-hetero) is 1. The summed E-state index contributed by atoms with van der Waals surface area (Å²) in [7, 11) is 1.24. The fourth-order valence-corrected chi connectivity index (χ4v) is 2.55. The minimum absolute atomic E-state index is 0.128. The van der Waals surface area contributed by atoms with Crippen LogP contribution in [0.2, 0.25) is 0 Å². The van der Waals surface area contributed by atoms with E-state index >= 15 is 0 Å². The minimum atomic E-state index is -1.29. The molecule has 5 nitrogen and oxygen atoms in total. The molecular weight excluding hydrogens is 260 g/mol. The molecule has 0 radical (unpaired) electrons. The molecule has 0 amide bonds. The van der Waals surface area contributed by atoms with E-state index in [0.717, 1.165) is 0 Å². The van der Waals surface area contributed by atoms with Crippen LogP contribution in [-0.4, -0.2) is 42.3 Å². The van der Waals surface area contributed by atoms with Crippen LogP contribution >= 0.6 is 0 Å². The molecule has 5 heteroatoms. The van der Waals surface area contributed by atoms with Gasteiger partial charge >= 0.3 is 5.97 Å². The quantitative estimate of drug-likeness (QED) is 0.779. The molecule has 1 aliphatic rings. The smallest absolute Gasteiger partial charge is 0.337 e. The van der Waals surface area contributed by atoms with Crippen molar-refractivity contribution in [3.63, 3.8) is 0 Å². The fourth-order valence-electron chi connectivity index (χ4n) is 2.55. The summed E-state index contributed by atoms with van der Waals surface area (Å²) in [6, 6.07) is 0. The molecule has 0 aromatic rings. The third-order valence-corrected chi connectivity index (χ3v) is 4.63. The van der Waals surface area contributed by atoms with E-state index in [0.29, 0.717) is 19.3 Å². The molecular formula is C15H26O5. The Labute approximate surface area is 120 Å². The summed E-state index contributed by atoms with van der Waals surface area (Å²) in [6.45, 7) is 8.00. The second-order valence-corrected chi connectivity index (χ2v) is 6.19. The summed E-state index contributed by atoms with van der Waals surface area (Å²) in [6.07, 6.45) is -0.840. The first-order chi connectivity index (χ1) is 9.23. The molecule has 4 atom stereocenters. The SMILES string of the molecule is CCC(=O)CC1OC(C(O)C(=O)OC)CC(C)C1(C)C. The van der Waals surface area contributed by atoms with Gasteiger partial charge in [-0.2, -0.15) is 0 Å². The largest absolute Gasteiger partial charge is 0.467 e. The molecule has 20 heavy (non-hydrogen) atoms. The Morgan fingerprint density at radius 1 is 1.45 bits per heavy atom. The number of methoxy groups -OCH3 is 1. The first-order valence-electron chi connectivity index (χ1n) is 7.17. The number of hydrogen-bond donors (Lipinski definition) is 1. The number of carbonyl (C=O) groups excluding carboxylic acids is 2. The number of carbonyl (C=O) groups is 2. The molecule has 0 saturated carbocycles. The van der Waals surface area contributed by atoms with Crippen molar-refractivity contribution in [2.45, 2.75) is 65.3 Å². The van der Waals surface area contributed by atoms with Crippen LogP contribution in [0, 0.1) is 11.3 Å². The molecule has 0 aromatic heterocycles. The molecule has 1 rings (SSSR count). The van der Waals surface area contributed by atoms with E-state index in [4.69, 9.17) is 4.74 Å². The number of aliphatic hydroxyl groups is 1. The van der Waals surface area contributed by atoms with Crippen LogP contribution in [0.1, 0.15) is 47.0 Å². The molecule has 1 saturated heterocycles. The van der Waals surface area contributed by atoms with Gasteiger partial charge in [-0.15, -0.1) is 0 Å². The van der Waals surface area contributed by atoms with Crippen molar-refractivity contribution >= 4 is 11.8 Å². The van der Waals surface area contributed by atoms with E-state index in [1.54, 1.807) is 0 Å². The van der Waals surface area contributed by atoms with Crippen molar-refractivity contribution in [1.29, 1.82) is 0 Å². The summed E-state index contributed by atoms with van der Waals surface area (Å²) in [4.78, 5) is 23.2. The number of ketones is 1. The lowest BCUT2D eigenvalue weighted by atomic mass is 9.69. The zero-order valence-corrected chi connectivity index (χ0v) is 13.0. The van der Waals surface area contributed by atoms with E-state index < -0.39 is 18.2 Å². The van der Waals surface area contributed by atoms with Gasteiger partial charge in [-0.3, -0.25) is 4.79 Å². The van der Waals surface area contributed by atoms with Crippen LogP contribution in [0.4, 0.5) is 0 Å². The lowest BCUT2D eigenvalue weighted by molar-refractivity contribution is -0.192. The monoisotopic (exact) mass is 286 g/mol. The minimum Gasteiger partial charge on any atom is -0.467 e. The first-order valence-corrected chi connectivity index (χ1v) is 7.17. The van der Waals surface area contributed by atoms with Gasteiger partial charge in [0, 0.05) is 12.8 Å². The van der Waals surface area contributed by atoms with Gasteiger partial charge in [-0.25, -0.2) is 4.79 Å². The Kier molecular flexibility index (Phi) is 5.71. The highest BCUT2D eigenvalue weighted by Gasteiger charge is 2.46. The summed E-state index contributed by atoms with van der Waals surface area (Å²) in [5.74, 6) is -0.332. The first kappa shape index (κ1) is 17.1.